The predicted molar refractivity (Wildman–Crippen MR) is 102 cm³/mol. The van der Waals surface area contributed by atoms with Crippen molar-refractivity contribution in [3.05, 3.63) is 23.3 Å². The summed E-state index contributed by atoms with van der Waals surface area (Å²) in [6.45, 7) is 15.5. The minimum absolute atomic E-state index is 0.562. The SMILES string of the molecule is CC.CC.CCCCN1CC(O)c2nc(C)cc3nc(C)nc1c23. The summed E-state index contributed by atoms with van der Waals surface area (Å²) in [7, 11) is 0. The van der Waals surface area contributed by atoms with Gasteiger partial charge in [0.2, 0.25) is 0 Å². The Hall–Kier alpha value is -1.75. The van der Waals surface area contributed by atoms with Crippen LogP contribution >= 0.6 is 0 Å². The van der Waals surface area contributed by atoms with Gasteiger partial charge in [-0.05, 0) is 26.3 Å². The van der Waals surface area contributed by atoms with Gasteiger partial charge in [0.25, 0.3) is 0 Å². The molecule has 5 nitrogen and oxygen atoms in total. The number of anilines is 1. The Labute approximate surface area is 146 Å². The Morgan fingerprint density at radius 3 is 2.42 bits per heavy atom. The molecule has 1 atom stereocenters. The number of hydrogen-bond donors (Lipinski definition) is 1. The van der Waals surface area contributed by atoms with Crippen LogP contribution in [0.1, 0.15) is 70.8 Å². The van der Waals surface area contributed by atoms with Gasteiger partial charge in [0, 0.05) is 12.2 Å². The number of hydrogen-bond acceptors (Lipinski definition) is 5. The fraction of sp³-hybridized carbons (Fsp3) is 0.632. The molecule has 2 aromatic heterocycles. The van der Waals surface area contributed by atoms with E-state index in [2.05, 4.69) is 26.8 Å². The average molecular weight is 332 g/mol. The summed E-state index contributed by atoms with van der Waals surface area (Å²) in [6.07, 6.45) is 1.65. The molecule has 1 aliphatic heterocycles. The lowest BCUT2D eigenvalue weighted by molar-refractivity contribution is 0.177. The topological polar surface area (TPSA) is 62.1 Å². The van der Waals surface area contributed by atoms with Crippen LogP contribution in [0.15, 0.2) is 6.07 Å². The fourth-order valence-electron chi connectivity index (χ4n) is 2.80. The van der Waals surface area contributed by atoms with Crippen molar-refractivity contribution in [1.82, 2.24) is 15.0 Å². The van der Waals surface area contributed by atoms with E-state index in [0.29, 0.717) is 6.54 Å². The molecule has 0 saturated carbocycles. The number of aliphatic hydroxyl groups excluding tert-OH is 1. The second kappa shape index (κ2) is 9.52. The van der Waals surface area contributed by atoms with E-state index in [1.54, 1.807) is 0 Å². The predicted octanol–water partition coefficient (Wildman–Crippen LogP) is 4.35. The maximum absolute atomic E-state index is 10.4. The Bertz CT molecular complexity index is 652. The van der Waals surface area contributed by atoms with E-state index in [0.717, 1.165) is 53.3 Å². The molecule has 1 N–H and O–H groups in total. The van der Waals surface area contributed by atoms with Gasteiger partial charge in [-0.25, -0.2) is 9.97 Å². The zero-order valence-corrected chi connectivity index (χ0v) is 16.2. The number of β-amino-alcohol motifs (C(OH)–C–C–N with tert-alkyl or cyclic N) is 1. The first-order valence-corrected chi connectivity index (χ1v) is 9.19. The lowest BCUT2D eigenvalue weighted by Gasteiger charge is -2.32. The van der Waals surface area contributed by atoms with E-state index >= 15 is 0 Å². The summed E-state index contributed by atoms with van der Waals surface area (Å²) in [6, 6.07) is 1.97. The molecule has 0 radical (unpaired) electrons. The highest BCUT2D eigenvalue weighted by atomic mass is 16.3. The lowest BCUT2D eigenvalue weighted by Crippen LogP contribution is -2.34. The molecule has 0 saturated heterocycles. The fourth-order valence-corrected chi connectivity index (χ4v) is 2.80. The van der Waals surface area contributed by atoms with E-state index in [1.807, 2.05) is 47.6 Å². The van der Waals surface area contributed by atoms with Crippen molar-refractivity contribution in [1.29, 1.82) is 0 Å². The normalized spacial score (nSPS) is 15.3. The maximum Gasteiger partial charge on any atom is 0.142 e. The summed E-state index contributed by atoms with van der Waals surface area (Å²) in [4.78, 5) is 15.8. The third kappa shape index (κ3) is 4.20. The van der Waals surface area contributed by atoms with Crippen LogP contribution in [0.4, 0.5) is 5.82 Å². The van der Waals surface area contributed by atoms with Crippen LogP contribution in [0.25, 0.3) is 10.9 Å². The second-order valence-corrected chi connectivity index (χ2v) is 5.45. The molecule has 0 aromatic carbocycles. The molecule has 3 rings (SSSR count). The molecule has 2 aromatic rings. The second-order valence-electron chi connectivity index (χ2n) is 5.45. The molecule has 134 valence electrons. The van der Waals surface area contributed by atoms with Crippen molar-refractivity contribution in [3.63, 3.8) is 0 Å². The van der Waals surface area contributed by atoms with Gasteiger partial charge in [0.05, 0.1) is 23.1 Å². The van der Waals surface area contributed by atoms with E-state index < -0.39 is 6.10 Å². The van der Waals surface area contributed by atoms with Gasteiger partial charge < -0.3 is 10.0 Å². The molecular weight excluding hydrogens is 300 g/mol. The van der Waals surface area contributed by atoms with Gasteiger partial charge in [0.1, 0.15) is 17.7 Å². The minimum Gasteiger partial charge on any atom is -0.385 e. The van der Waals surface area contributed by atoms with Gasteiger partial charge >= 0.3 is 0 Å². The molecule has 0 bridgehead atoms. The molecule has 24 heavy (non-hydrogen) atoms. The smallest absolute Gasteiger partial charge is 0.142 e. The van der Waals surface area contributed by atoms with Gasteiger partial charge in [-0.2, -0.15) is 0 Å². The highest BCUT2D eigenvalue weighted by Crippen LogP contribution is 2.35. The summed E-state index contributed by atoms with van der Waals surface area (Å²) < 4.78 is 0. The number of aromatic nitrogens is 3. The highest BCUT2D eigenvalue weighted by molar-refractivity contribution is 5.93. The van der Waals surface area contributed by atoms with E-state index in [9.17, 15) is 5.11 Å². The summed E-state index contributed by atoms with van der Waals surface area (Å²) >= 11 is 0. The molecule has 0 aliphatic carbocycles. The van der Waals surface area contributed by atoms with Crippen LogP contribution in [0.5, 0.6) is 0 Å². The first-order chi connectivity index (χ1) is 11.6. The van der Waals surface area contributed by atoms with Crippen molar-refractivity contribution in [3.8, 4) is 0 Å². The van der Waals surface area contributed by atoms with E-state index in [4.69, 9.17) is 0 Å². The van der Waals surface area contributed by atoms with Crippen molar-refractivity contribution < 1.29 is 5.11 Å². The molecule has 0 spiro atoms. The third-order valence-corrected chi connectivity index (χ3v) is 3.72. The van der Waals surface area contributed by atoms with E-state index in [-0.39, 0.29) is 0 Å². The van der Waals surface area contributed by atoms with Crippen molar-refractivity contribution >= 4 is 16.7 Å². The van der Waals surface area contributed by atoms with Gasteiger partial charge in [-0.1, -0.05) is 41.0 Å². The van der Waals surface area contributed by atoms with Crippen LogP contribution in [0.2, 0.25) is 0 Å². The van der Waals surface area contributed by atoms with Crippen molar-refractivity contribution in [2.24, 2.45) is 0 Å². The molecule has 3 heterocycles. The Morgan fingerprint density at radius 2 is 1.79 bits per heavy atom. The third-order valence-electron chi connectivity index (χ3n) is 3.72. The number of pyridine rings is 1. The zero-order chi connectivity index (χ0) is 18.3. The van der Waals surface area contributed by atoms with Crippen LogP contribution < -0.4 is 4.90 Å². The van der Waals surface area contributed by atoms with Crippen LogP contribution in [0, 0.1) is 13.8 Å². The zero-order valence-electron chi connectivity index (χ0n) is 16.2. The Kier molecular flexibility index (Phi) is 8.05. The molecule has 1 aliphatic rings. The molecule has 5 heteroatoms. The Balaban J connectivity index is 0.000000671. The summed E-state index contributed by atoms with van der Waals surface area (Å²) in [5.41, 5.74) is 2.50. The summed E-state index contributed by atoms with van der Waals surface area (Å²) in [5.74, 6) is 1.69. The Morgan fingerprint density at radius 1 is 1.12 bits per heavy atom. The lowest BCUT2D eigenvalue weighted by atomic mass is 10.0. The number of nitrogens with zero attached hydrogens (tertiary/aromatic N) is 4. The van der Waals surface area contributed by atoms with E-state index in [1.165, 1.54) is 0 Å². The molecule has 0 amide bonds. The first-order valence-electron chi connectivity index (χ1n) is 9.19. The maximum atomic E-state index is 10.4. The number of aliphatic hydroxyl groups is 1. The quantitative estimate of drug-likeness (QED) is 0.905. The largest absolute Gasteiger partial charge is 0.385 e. The van der Waals surface area contributed by atoms with Gasteiger partial charge in [-0.3, -0.25) is 4.98 Å². The molecule has 0 fully saturated rings. The van der Waals surface area contributed by atoms with Gasteiger partial charge in [-0.15, -0.1) is 0 Å². The average Bonchev–Trinajstić information content (AvgIpc) is 2.59. The highest BCUT2D eigenvalue weighted by Gasteiger charge is 2.28. The number of unbranched alkanes of at least 4 members (excludes halogenated alkanes) is 1. The summed E-state index contributed by atoms with van der Waals surface area (Å²) in [5, 5.41) is 11.3. The number of rotatable bonds is 3. The number of aryl methyl sites for hydroxylation is 2. The molecular formula is C19H32N4O. The van der Waals surface area contributed by atoms with Crippen LogP contribution in [0.3, 0.4) is 0 Å². The minimum atomic E-state index is -0.562. The van der Waals surface area contributed by atoms with Crippen molar-refractivity contribution in [2.45, 2.75) is 67.4 Å². The standard InChI is InChI=1S/C15H20N4O.2C2H6/c1-4-5-6-19-8-12(20)14-13-11(7-9(2)16-14)17-10(3)18-15(13)19;2*1-2/h7,12,20H,4-6,8H2,1-3H3;2*1-2H3. The molecule has 1 unspecified atom stereocenters. The van der Waals surface area contributed by atoms with Crippen LogP contribution in [-0.4, -0.2) is 33.1 Å². The van der Waals surface area contributed by atoms with Crippen molar-refractivity contribution in [2.75, 3.05) is 18.0 Å². The first kappa shape index (κ1) is 20.3. The monoisotopic (exact) mass is 332 g/mol. The van der Waals surface area contributed by atoms with Crippen LogP contribution in [-0.2, 0) is 0 Å². The van der Waals surface area contributed by atoms with Gasteiger partial charge in [0.15, 0.2) is 0 Å².